The highest BCUT2D eigenvalue weighted by atomic mass is 32.1. The summed E-state index contributed by atoms with van der Waals surface area (Å²) in [4.78, 5) is 0. The van der Waals surface area contributed by atoms with Crippen LogP contribution in [-0.4, -0.2) is 35.6 Å². The van der Waals surface area contributed by atoms with Crippen molar-refractivity contribution in [2.45, 2.75) is 25.9 Å². The molecule has 0 fully saturated rings. The minimum absolute atomic E-state index is 0.360. The molecule has 0 amide bonds. The first kappa shape index (κ1) is 11.5. The van der Waals surface area contributed by atoms with Gasteiger partial charge in [0.1, 0.15) is 10.5 Å². The van der Waals surface area contributed by atoms with Crippen LogP contribution in [0.25, 0.3) is 0 Å². The minimum atomic E-state index is 0.360. The van der Waals surface area contributed by atoms with E-state index in [4.69, 9.17) is 9.16 Å². The monoisotopic (exact) mass is 194 g/mol. The lowest BCUT2D eigenvalue weighted by atomic mass is 10.2. The van der Waals surface area contributed by atoms with Crippen LogP contribution in [0.1, 0.15) is 19.8 Å². The first-order valence-corrected chi connectivity index (χ1v) is 5.47. The summed E-state index contributed by atoms with van der Waals surface area (Å²) in [7, 11) is 0.810. The molecule has 0 aromatic rings. The van der Waals surface area contributed by atoms with Crippen molar-refractivity contribution < 1.29 is 9.16 Å². The first-order chi connectivity index (χ1) is 5.31. The molecule has 1 unspecified atom stereocenters. The van der Waals surface area contributed by atoms with Crippen LogP contribution in [0.15, 0.2) is 0 Å². The molecular weight excluding hydrogens is 176 g/mol. The SMILES string of the molecule is CC(CCCS)OCCO[SiH3]. The van der Waals surface area contributed by atoms with Crippen LogP contribution < -0.4 is 0 Å². The van der Waals surface area contributed by atoms with Crippen molar-refractivity contribution in [1.29, 1.82) is 0 Å². The molecule has 0 spiro atoms. The lowest BCUT2D eigenvalue weighted by Crippen LogP contribution is -2.12. The maximum absolute atomic E-state index is 5.45. The Balaban J connectivity index is 3.02. The number of thiol groups is 1. The highest BCUT2D eigenvalue weighted by Gasteiger charge is 1.99. The largest absolute Gasteiger partial charge is 0.426 e. The van der Waals surface area contributed by atoms with Gasteiger partial charge in [0.05, 0.1) is 19.3 Å². The molecule has 0 aromatic heterocycles. The lowest BCUT2D eigenvalue weighted by Gasteiger charge is -2.11. The maximum Gasteiger partial charge on any atom is 0.146 e. The molecule has 0 aromatic carbocycles. The van der Waals surface area contributed by atoms with Crippen LogP contribution >= 0.6 is 12.6 Å². The van der Waals surface area contributed by atoms with Crippen LogP contribution in [0.5, 0.6) is 0 Å². The molecule has 11 heavy (non-hydrogen) atoms. The summed E-state index contributed by atoms with van der Waals surface area (Å²) in [6.45, 7) is 3.57. The van der Waals surface area contributed by atoms with Gasteiger partial charge in [-0.2, -0.15) is 12.6 Å². The fraction of sp³-hybridized carbons (Fsp3) is 1.00. The second kappa shape index (κ2) is 8.58. The standard InChI is InChI=1S/C7H18O2SSi/c1-7(3-2-6-10)8-4-5-9-11/h7,10H,2-6H2,1,11H3. The third-order valence-electron chi connectivity index (χ3n) is 1.46. The Labute approximate surface area is 77.6 Å². The smallest absolute Gasteiger partial charge is 0.146 e. The quantitative estimate of drug-likeness (QED) is 0.359. The molecule has 1 atom stereocenters. The van der Waals surface area contributed by atoms with E-state index in [-0.39, 0.29) is 0 Å². The zero-order valence-corrected chi connectivity index (χ0v) is 10.3. The van der Waals surface area contributed by atoms with Crippen LogP contribution in [0.2, 0.25) is 0 Å². The summed E-state index contributed by atoms with van der Waals surface area (Å²) < 4.78 is 10.4. The van der Waals surface area contributed by atoms with Gasteiger partial charge in [0.25, 0.3) is 0 Å². The predicted molar refractivity (Wildman–Crippen MR) is 54.4 cm³/mol. The molecular formula is C7H18O2SSi. The van der Waals surface area contributed by atoms with Gasteiger partial charge in [-0.15, -0.1) is 0 Å². The summed E-state index contributed by atoms with van der Waals surface area (Å²) >= 11 is 4.13. The number of rotatable bonds is 7. The van der Waals surface area contributed by atoms with Gasteiger partial charge in [-0.1, -0.05) is 0 Å². The topological polar surface area (TPSA) is 18.5 Å². The molecule has 68 valence electrons. The van der Waals surface area contributed by atoms with Crippen molar-refractivity contribution in [2.24, 2.45) is 0 Å². The first-order valence-electron chi connectivity index (χ1n) is 4.02. The molecule has 0 aliphatic heterocycles. The van der Waals surface area contributed by atoms with Crippen molar-refractivity contribution in [1.82, 2.24) is 0 Å². The third kappa shape index (κ3) is 8.39. The fourth-order valence-electron chi connectivity index (χ4n) is 0.795. The van der Waals surface area contributed by atoms with Gasteiger partial charge in [-0.25, -0.2) is 0 Å². The van der Waals surface area contributed by atoms with E-state index >= 15 is 0 Å². The van der Waals surface area contributed by atoms with E-state index in [1.54, 1.807) is 0 Å². The lowest BCUT2D eigenvalue weighted by molar-refractivity contribution is 0.0413. The van der Waals surface area contributed by atoms with Crippen molar-refractivity contribution in [3.8, 4) is 0 Å². The molecule has 0 bridgehead atoms. The molecule has 0 aliphatic carbocycles. The van der Waals surface area contributed by atoms with Crippen molar-refractivity contribution >= 4 is 23.1 Å². The van der Waals surface area contributed by atoms with E-state index in [1.807, 2.05) is 0 Å². The zero-order chi connectivity index (χ0) is 8.53. The van der Waals surface area contributed by atoms with E-state index in [1.165, 1.54) is 0 Å². The van der Waals surface area contributed by atoms with E-state index in [9.17, 15) is 0 Å². The Hall–Kier alpha value is 0.487. The van der Waals surface area contributed by atoms with Crippen molar-refractivity contribution in [3.05, 3.63) is 0 Å². The Morgan fingerprint density at radius 2 is 2.18 bits per heavy atom. The number of ether oxygens (including phenoxy) is 1. The average molecular weight is 194 g/mol. The minimum Gasteiger partial charge on any atom is -0.426 e. The Kier molecular flexibility index (Phi) is 8.96. The molecule has 0 N–H and O–H groups in total. The van der Waals surface area contributed by atoms with Gasteiger partial charge in [0.2, 0.25) is 0 Å². The molecule has 2 nitrogen and oxygen atoms in total. The summed E-state index contributed by atoms with van der Waals surface area (Å²) in [6.07, 6.45) is 2.59. The van der Waals surface area contributed by atoms with Crippen LogP contribution in [0.3, 0.4) is 0 Å². The van der Waals surface area contributed by atoms with Crippen LogP contribution in [0, 0.1) is 0 Å². The maximum atomic E-state index is 5.45. The van der Waals surface area contributed by atoms with Crippen LogP contribution in [0.4, 0.5) is 0 Å². The summed E-state index contributed by atoms with van der Waals surface area (Å²) in [5, 5.41) is 0. The second-order valence-corrected chi connectivity index (χ2v) is 3.56. The molecule has 0 saturated heterocycles. The second-order valence-electron chi connectivity index (χ2n) is 2.54. The Bertz CT molecular complexity index is 82.8. The highest BCUT2D eigenvalue weighted by molar-refractivity contribution is 7.80. The summed E-state index contributed by atoms with van der Waals surface area (Å²) in [6, 6.07) is 0. The van der Waals surface area contributed by atoms with Gasteiger partial charge in [0, 0.05) is 0 Å². The van der Waals surface area contributed by atoms with Gasteiger partial charge < -0.3 is 9.16 Å². The van der Waals surface area contributed by atoms with Crippen LogP contribution in [-0.2, 0) is 9.16 Å². The third-order valence-corrected chi connectivity index (χ3v) is 2.18. The summed E-state index contributed by atoms with van der Waals surface area (Å²) in [5.41, 5.74) is 0. The Morgan fingerprint density at radius 1 is 1.45 bits per heavy atom. The van der Waals surface area contributed by atoms with Gasteiger partial charge in [0.15, 0.2) is 0 Å². The van der Waals surface area contributed by atoms with E-state index < -0.39 is 0 Å². The normalized spacial score (nSPS) is 13.6. The van der Waals surface area contributed by atoms with Crippen molar-refractivity contribution in [3.63, 3.8) is 0 Å². The Morgan fingerprint density at radius 3 is 2.73 bits per heavy atom. The number of hydrogen-bond donors (Lipinski definition) is 1. The molecule has 0 radical (unpaired) electrons. The fourth-order valence-corrected chi connectivity index (χ4v) is 1.14. The average Bonchev–Trinajstić information content (AvgIpc) is 2.01. The molecule has 0 saturated carbocycles. The van der Waals surface area contributed by atoms with E-state index in [2.05, 4.69) is 19.6 Å². The van der Waals surface area contributed by atoms with Crippen molar-refractivity contribution in [2.75, 3.05) is 19.0 Å². The highest BCUT2D eigenvalue weighted by Crippen LogP contribution is 2.01. The van der Waals surface area contributed by atoms with Gasteiger partial charge >= 0.3 is 0 Å². The van der Waals surface area contributed by atoms with E-state index in [0.717, 1.165) is 42.3 Å². The molecule has 0 heterocycles. The van der Waals surface area contributed by atoms with Gasteiger partial charge in [-0.05, 0) is 25.5 Å². The molecule has 0 rings (SSSR count). The summed E-state index contributed by atoms with van der Waals surface area (Å²) in [5.74, 6) is 0.949. The number of hydrogen-bond acceptors (Lipinski definition) is 3. The predicted octanol–water partition coefficient (Wildman–Crippen LogP) is 0.398. The molecule has 4 heteroatoms. The van der Waals surface area contributed by atoms with E-state index in [0.29, 0.717) is 6.10 Å². The molecule has 0 aliphatic rings. The zero-order valence-electron chi connectivity index (χ0n) is 7.38. The van der Waals surface area contributed by atoms with Gasteiger partial charge in [-0.3, -0.25) is 0 Å².